The van der Waals surface area contributed by atoms with Crippen molar-refractivity contribution >= 4 is 17.3 Å². The van der Waals surface area contributed by atoms with Gasteiger partial charge in [-0.15, -0.1) is 0 Å². The van der Waals surface area contributed by atoms with Crippen molar-refractivity contribution in [2.45, 2.75) is 33.4 Å². The number of aromatic nitrogens is 2. The number of nitrogens with zero attached hydrogens (tertiary/aromatic N) is 3. The fourth-order valence-electron chi connectivity index (χ4n) is 2.97. The third-order valence-electron chi connectivity index (χ3n) is 4.17. The van der Waals surface area contributed by atoms with E-state index in [4.69, 9.17) is 4.74 Å². The van der Waals surface area contributed by atoms with Crippen LogP contribution in [0.5, 0.6) is 0 Å². The van der Waals surface area contributed by atoms with Crippen LogP contribution in [-0.2, 0) is 11.3 Å². The van der Waals surface area contributed by atoms with Crippen LogP contribution in [0.2, 0.25) is 0 Å². The highest BCUT2D eigenvalue weighted by Crippen LogP contribution is 2.21. The van der Waals surface area contributed by atoms with Crippen LogP contribution in [0, 0.1) is 6.92 Å². The first kappa shape index (κ1) is 16.5. The molecule has 1 amide bonds. The molecule has 1 saturated heterocycles. The molecule has 0 aliphatic carbocycles. The molecule has 1 aromatic heterocycles. The smallest absolute Gasteiger partial charge is 0.273 e. The molecular formula is C18H24N4O2. The van der Waals surface area contributed by atoms with Gasteiger partial charge in [-0.05, 0) is 51.1 Å². The molecular weight excluding hydrogens is 304 g/mol. The van der Waals surface area contributed by atoms with Gasteiger partial charge in [-0.2, -0.15) is 5.10 Å². The Balaban J connectivity index is 1.68. The molecule has 128 valence electrons. The second-order valence-corrected chi connectivity index (χ2v) is 6.12. The molecule has 1 aromatic carbocycles. The predicted octanol–water partition coefficient (Wildman–Crippen LogP) is 2.69. The summed E-state index contributed by atoms with van der Waals surface area (Å²) in [4.78, 5) is 14.7. The summed E-state index contributed by atoms with van der Waals surface area (Å²) in [6, 6.07) is 9.76. The number of morpholine rings is 1. The number of carbonyl (C=O) groups is 1. The molecule has 0 radical (unpaired) electrons. The monoisotopic (exact) mass is 328 g/mol. The summed E-state index contributed by atoms with van der Waals surface area (Å²) in [6.07, 6.45) is 0.246. The zero-order valence-electron chi connectivity index (χ0n) is 14.5. The fourth-order valence-corrected chi connectivity index (χ4v) is 2.97. The summed E-state index contributed by atoms with van der Waals surface area (Å²) in [5, 5.41) is 7.25. The molecule has 0 unspecified atom stereocenters. The van der Waals surface area contributed by atoms with Gasteiger partial charge in [0.1, 0.15) is 5.69 Å². The fraction of sp³-hybridized carbons (Fsp3) is 0.444. The van der Waals surface area contributed by atoms with Crippen LogP contribution < -0.4 is 10.2 Å². The normalized spacial score (nSPS) is 17.8. The number of aryl methyl sites for hydroxylation is 2. The minimum Gasteiger partial charge on any atom is -0.375 e. The summed E-state index contributed by atoms with van der Waals surface area (Å²) >= 11 is 0. The van der Waals surface area contributed by atoms with Gasteiger partial charge in [-0.25, -0.2) is 0 Å². The van der Waals surface area contributed by atoms with Gasteiger partial charge >= 0.3 is 0 Å². The molecule has 0 spiro atoms. The van der Waals surface area contributed by atoms with E-state index in [0.717, 1.165) is 36.8 Å². The molecule has 24 heavy (non-hydrogen) atoms. The Kier molecular flexibility index (Phi) is 4.85. The van der Waals surface area contributed by atoms with Crippen LogP contribution >= 0.6 is 0 Å². The van der Waals surface area contributed by atoms with E-state index in [1.807, 2.05) is 44.2 Å². The van der Waals surface area contributed by atoms with Gasteiger partial charge in [0.2, 0.25) is 0 Å². The first-order valence-electron chi connectivity index (χ1n) is 8.39. The number of ether oxygens (including phenoxy) is 1. The minimum atomic E-state index is -0.134. The summed E-state index contributed by atoms with van der Waals surface area (Å²) in [5.74, 6) is -0.134. The van der Waals surface area contributed by atoms with Crippen LogP contribution in [-0.4, -0.2) is 41.5 Å². The van der Waals surface area contributed by atoms with Crippen LogP contribution in [0.4, 0.5) is 11.4 Å². The maximum Gasteiger partial charge on any atom is 0.273 e. The van der Waals surface area contributed by atoms with E-state index >= 15 is 0 Å². The van der Waals surface area contributed by atoms with E-state index in [1.54, 1.807) is 4.68 Å². The Bertz CT molecular complexity index is 708. The zero-order valence-corrected chi connectivity index (χ0v) is 14.5. The van der Waals surface area contributed by atoms with Crippen molar-refractivity contribution in [2.24, 2.45) is 0 Å². The maximum absolute atomic E-state index is 12.4. The average Bonchev–Trinajstić information content (AvgIpc) is 2.97. The van der Waals surface area contributed by atoms with Crippen LogP contribution in [0.1, 0.15) is 30.0 Å². The molecule has 1 fully saturated rings. The molecule has 0 bridgehead atoms. The summed E-state index contributed by atoms with van der Waals surface area (Å²) in [6.45, 7) is 9.15. The summed E-state index contributed by atoms with van der Waals surface area (Å²) < 4.78 is 7.29. The second kappa shape index (κ2) is 7.05. The molecule has 1 aliphatic rings. The molecule has 2 heterocycles. The van der Waals surface area contributed by atoms with Crippen molar-refractivity contribution in [1.82, 2.24) is 9.78 Å². The third-order valence-corrected chi connectivity index (χ3v) is 4.17. The van der Waals surface area contributed by atoms with E-state index in [2.05, 4.69) is 22.2 Å². The first-order valence-corrected chi connectivity index (χ1v) is 8.39. The molecule has 6 heteroatoms. The Hall–Kier alpha value is -2.34. The Labute approximate surface area is 142 Å². The maximum atomic E-state index is 12.4. The second-order valence-electron chi connectivity index (χ2n) is 6.12. The van der Waals surface area contributed by atoms with E-state index in [0.29, 0.717) is 12.2 Å². The van der Waals surface area contributed by atoms with Gasteiger partial charge in [0.25, 0.3) is 5.91 Å². The number of carbonyl (C=O) groups excluding carboxylic acids is 1. The van der Waals surface area contributed by atoms with Gasteiger partial charge in [0.15, 0.2) is 0 Å². The SMILES string of the molecule is CCn1nc(C)cc1C(=O)Nc1ccc(N2CCO[C@H](C)C2)cc1. The van der Waals surface area contributed by atoms with Crippen molar-refractivity contribution in [2.75, 3.05) is 29.9 Å². The molecule has 3 rings (SSSR count). The van der Waals surface area contributed by atoms with Crippen molar-refractivity contribution < 1.29 is 9.53 Å². The van der Waals surface area contributed by atoms with E-state index in [-0.39, 0.29) is 12.0 Å². The summed E-state index contributed by atoms with van der Waals surface area (Å²) in [5.41, 5.74) is 3.36. The van der Waals surface area contributed by atoms with E-state index in [9.17, 15) is 4.79 Å². The quantitative estimate of drug-likeness (QED) is 0.937. The number of rotatable bonds is 4. The van der Waals surface area contributed by atoms with Crippen molar-refractivity contribution in [1.29, 1.82) is 0 Å². The number of hydrogen-bond acceptors (Lipinski definition) is 4. The van der Waals surface area contributed by atoms with Crippen LogP contribution in [0.15, 0.2) is 30.3 Å². The number of benzene rings is 1. The number of amides is 1. The Morgan fingerprint density at radius 3 is 2.79 bits per heavy atom. The summed E-state index contributed by atoms with van der Waals surface area (Å²) in [7, 11) is 0. The highest BCUT2D eigenvalue weighted by Gasteiger charge is 2.17. The molecule has 1 atom stereocenters. The molecule has 1 N–H and O–H groups in total. The van der Waals surface area contributed by atoms with Gasteiger partial charge in [-0.3, -0.25) is 9.48 Å². The Morgan fingerprint density at radius 2 is 2.12 bits per heavy atom. The van der Waals surface area contributed by atoms with Crippen LogP contribution in [0.3, 0.4) is 0 Å². The van der Waals surface area contributed by atoms with Crippen molar-refractivity contribution in [3.8, 4) is 0 Å². The topological polar surface area (TPSA) is 59.4 Å². The van der Waals surface area contributed by atoms with Gasteiger partial charge < -0.3 is 15.0 Å². The largest absolute Gasteiger partial charge is 0.375 e. The molecule has 0 saturated carbocycles. The number of anilines is 2. The van der Waals surface area contributed by atoms with Gasteiger partial charge in [0, 0.05) is 31.0 Å². The van der Waals surface area contributed by atoms with E-state index in [1.165, 1.54) is 0 Å². The van der Waals surface area contributed by atoms with Crippen molar-refractivity contribution in [3.63, 3.8) is 0 Å². The Morgan fingerprint density at radius 1 is 1.38 bits per heavy atom. The van der Waals surface area contributed by atoms with Crippen molar-refractivity contribution in [3.05, 3.63) is 41.7 Å². The molecule has 2 aromatic rings. The number of hydrogen-bond donors (Lipinski definition) is 1. The standard InChI is InChI=1S/C18H24N4O2/c1-4-22-17(11-13(2)20-22)18(23)19-15-5-7-16(8-6-15)21-9-10-24-14(3)12-21/h5-8,11,14H,4,9-10,12H2,1-3H3,(H,19,23)/t14-/m1/s1. The number of nitrogens with one attached hydrogen (secondary N) is 1. The molecule has 6 nitrogen and oxygen atoms in total. The zero-order chi connectivity index (χ0) is 17.1. The highest BCUT2D eigenvalue weighted by atomic mass is 16.5. The minimum absolute atomic E-state index is 0.134. The predicted molar refractivity (Wildman–Crippen MR) is 94.7 cm³/mol. The first-order chi connectivity index (χ1) is 11.6. The highest BCUT2D eigenvalue weighted by molar-refractivity contribution is 6.03. The van der Waals surface area contributed by atoms with E-state index < -0.39 is 0 Å². The lowest BCUT2D eigenvalue weighted by atomic mass is 10.2. The lowest BCUT2D eigenvalue weighted by Crippen LogP contribution is -2.41. The van der Waals surface area contributed by atoms with Crippen LogP contribution in [0.25, 0.3) is 0 Å². The third kappa shape index (κ3) is 3.59. The average molecular weight is 328 g/mol. The molecule has 1 aliphatic heterocycles. The van der Waals surface area contributed by atoms with Gasteiger partial charge in [0.05, 0.1) is 18.4 Å². The lowest BCUT2D eigenvalue weighted by molar-refractivity contribution is 0.0532. The van der Waals surface area contributed by atoms with Gasteiger partial charge in [-0.1, -0.05) is 0 Å². The lowest BCUT2D eigenvalue weighted by Gasteiger charge is -2.33.